The van der Waals surface area contributed by atoms with Crippen LogP contribution in [0.3, 0.4) is 0 Å². The number of carbonyl (C=O) groups is 6. The SMILES string of the molecule is CC[C@H]1CN([C@@H](Cc2ccc3ccccc3c2)C(=O)NC)CCN1C(=O)[C@@H](Cc1ccc(F)cc1)NC(=O)C1(C)CC1.CC[C@H]1CN([C@@H](Cc2ccc3ccccc3c2)C(=O)NC)CCN1C(=O)[C@H](N)Cc1ccc(F)cc1.NC1(C(=O)O)CC1. The van der Waals surface area contributed by atoms with Crippen molar-refractivity contribution < 1.29 is 42.7 Å². The van der Waals surface area contributed by atoms with Crippen LogP contribution in [0.5, 0.6) is 0 Å². The number of nitrogens with one attached hydrogen (secondary N) is 3. The average Bonchev–Trinajstić information content (AvgIpc) is 4.67. The number of nitrogens with zero attached hydrogens (tertiary/aromatic N) is 4. The number of fused-ring (bicyclic) bond motifs is 2. The predicted octanol–water partition coefficient (Wildman–Crippen LogP) is 6.78. The molecule has 4 aliphatic rings. The number of rotatable bonds is 19. The van der Waals surface area contributed by atoms with E-state index in [1.807, 2.05) is 47.9 Å². The van der Waals surface area contributed by atoms with Crippen molar-refractivity contribution in [1.82, 2.24) is 35.6 Å². The molecule has 0 unspecified atom stereocenters. The number of carboxylic acid groups (broad SMARTS) is 1. The Bertz CT molecular complexity index is 3300. The highest BCUT2D eigenvalue weighted by atomic mass is 19.1. The number of aliphatic carboxylic acids is 1. The molecule has 2 heterocycles. The third kappa shape index (κ3) is 16.4. The fourth-order valence-corrected chi connectivity index (χ4v) is 11.4. The standard InChI is InChI=1S/C34H41FN4O3.C29H35FN4O2.C4H7NO2/c1-4-28-22-38(30(31(40)36-3)21-24-9-12-25-7-5-6-8-26(25)19-24)17-18-39(28)32(41)29(37-33(42)34(2)15-16-34)20-23-10-13-27(35)14-11-23;1-3-25-19-33(14-15-34(25)29(36)26(31)17-20-9-12-24(30)13-10-20)27(28(35)32-2)18-21-8-11-22-6-4-5-7-23(22)16-21;5-4(1-2-4)3(6)7/h5-14,19,28-30H,4,15-18,20-22H2,1-3H3,(H,36,40)(H,37,42);4-13,16,25-27H,3,14-15,17-19,31H2,1-2H3,(H,32,35);1-2,5H2,(H,6,7)/t28-,29+,30-;25-,26+,27-;/m00./s1. The number of nitrogens with two attached hydrogens (primary N) is 2. The molecular weight excluding hydrogens is 1080 g/mol. The topological polar surface area (TPSA) is 224 Å². The second-order valence-corrected chi connectivity index (χ2v) is 23.5. The molecule has 2 saturated heterocycles. The van der Waals surface area contributed by atoms with E-state index in [9.17, 15) is 37.5 Å². The molecule has 8 N–H and O–H groups in total. The Morgan fingerprint density at radius 2 is 0.976 bits per heavy atom. The first-order valence-electron chi connectivity index (χ1n) is 29.8. The Hall–Kier alpha value is -7.64. The summed E-state index contributed by atoms with van der Waals surface area (Å²) in [5, 5.41) is 21.5. The van der Waals surface area contributed by atoms with Gasteiger partial charge in [0.15, 0.2) is 0 Å². The first-order valence-corrected chi connectivity index (χ1v) is 29.8. The van der Waals surface area contributed by atoms with E-state index in [-0.39, 0.29) is 65.3 Å². The van der Waals surface area contributed by atoms with Gasteiger partial charge in [-0.2, -0.15) is 0 Å². The molecule has 0 radical (unpaired) electrons. The Morgan fingerprint density at radius 1 is 0.565 bits per heavy atom. The van der Waals surface area contributed by atoms with Crippen LogP contribution < -0.4 is 27.4 Å². The van der Waals surface area contributed by atoms with Crippen molar-refractivity contribution in [3.63, 3.8) is 0 Å². The summed E-state index contributed by atoms with van der Waals surface area (Å²) >= 11 is 0. The van der Waals surface area contributed by atoms with Gasteiger partial charge in [-0.25, -0.2) is 8.78 Å². The monoisotopic (exact) mass is 1160 g/mol. The van der Waals surface area contributed by atoms with Gasteiger partial charge in [0, 0.05) is 77.3 Å². The number of halogens is 2. The quantitative estimate of drug-likeness (QED) is 0.0496. The molecule has 85 heavy (non-hydrogen) atoms. The van der Waals surface area contributed by atoms with Crippen molar-refractivity contribution in [3.8, 4) is 0 Å². The Kier molecular flexibility index (Phi) is 21.2. The summed E-state index contributed by atoms with van der Waals surface area (Å²) in [7, 11) is 3.33. The van der Waals surface area contributed by atoms with Gasteiger partial charge in [0.25, 0.3) is 0 Å². The van der Waals surface area contributed by atoms with E-state index < -0.39 is 29.0 Å². The van der Waals surface area contributed by atoms with Gasteiger partial charge in [-0.3, -0.25) is 38.6 Å². The molecule has 6 aromatic carbocycles. The van der Waals surface area contributed by atoms with E-state index in [2.05, 4.69) is 93.3 Å². The maximum atomic E-state index is 14.0. The molecule has 6 aromatic rings. The van der Waals surface area contributed by atoms with Gasteiger partial charge in [0.05, 0.1) is 18.1 Å². The van der Waals surface area contributed by atoms with Gasteiger partial charge in [-0.15, -0.1) is 0 Å². The summed E-state index contributed by atoms with van der Waals surface area (Å²) in [6, 6.07) is 39.0. The van der Waals surface area contributed by atoms with Gasteiger partial charge in [-0.1, -0.05) is 130 Å². The molecule has 0 aromatic heterocycles. The van der Waals surface area contributed by atoms with Gasteiger partial charge < -0.3 is 42.3 Å². The number of hydrogen-bond donors (Lipinski definition) is 6. The van der Waals surface area contributed by atoms with Crippen LogP contribution in [0, 0.1) is 17.0 Å². The minimum atomic E-state index is -0.868. The molecule has 2 saturated carbocycles. The van der Waals surface area contributed by atoms with Gasteiger partial charge >= 0.3 is 5.97 Å². The lowest BCUT2D eigenvalue weighted by Gasteiger charge is -2.45. The lowest BCUT2D eigenvalue weighted by Crippen LogP contribution is -2.63. The fraction of sp³-hybridized carbons (Fsp3) is 0.433. The Morgan fingerprint density at radius 3 is 1.36 bits per heavy atom. The lowest BCUT2D eigenvalue weighted by molar-refractivity contribution is -0.143. The second-order valence-electron chi connectivity index (χ2n) is 23.5. The number of likely N-dealkylation sites (N-methyl/N-ethyl adjacent to an activating group) is 2. The molecule has 10 rings (SSSR count). The predicted molar refractivity (Wildman–Crippen MR) is 327 cm³/mol. The highest BCUT2D eigenvalue weighted by Crippen LogP contribution is 2.45. The van der Waals surface area contributed by atoms with Gasteiger partial charge in [0.1, 0.15) is 23.2 Å². The minimum absolute atomic E-state index is 0.0224. The van der Waals surface area contributed by atoms with Crippen LogP contribution in [0.1, 0.15) is 81.5 Å². The maximum absolute atomic E-state index is 14.0. The van der Waals surface area contributed by atoms with Crippen LogP contribution >= 0.6 is 0 Å². The van der Waals surface area contributed by atoms with Crippen molar-refractivity contribution in [1.29, 1.82) is 0 Å². The number of piperazine rings is 2. The third-order valence-corrected chi connectivity index (χ3v) is 17.4. The lowest BCUT2D eigenvalue weighted by atomic mass is 9.97. The molecule has 0 bridgehead atoms. The van der Waals surface area contributed by atoms with Crippen LogP contribution in [-0.2, 0) is 54.5 Å². The molecule has 2 aliphatic carbocycles. The van der Waals surface area contributed by atoms with Crippen molar-refractivity contribution in [2.75, 3.05) is 53.4 Å². The summed E-state index contributed by atoms with van der Waals surface area (Å²) in [6.45, 7) is 9.29. The molecular formula is C67H83F2N9O7. The average molecular weight is 1160 g/mol. The van der Waals surface area contributed by atoms with Crippen LogP contribution in [-0.4, -0.2) is 155 Å². The van der Waals surface area contributed by atoms with Crippen molar-refractivity contribution in [3.05, 3.63) is 167 Å². The zero-order chi connectivity index (χ0) is 61.0. The number of carbonyl (C=O) groups excluding carboxylic acids is 5. The Labute approximate surface area is 497 Å². The van der Waals surface area contributed by atoms with E-state index in [1.54, 1.807) is 38.4 Å². The summed E-state index contributed by atoms with van der Waals surface area (Å²) < 4.78 is 26.8. The normalized spacial score (nSPS) is 19.4. The smallest absolute Gasteiger partial charge is 0.323 e. The van der Waals surface area contributed by atoms with Crippen LogP contribution in [0.2, 0.25) is 0 Å². The number of carboxylic acids is 1. The third-order valence-electron chi connectivity index (χ3n) is 17.4. The van der Waals surface area contributed by atoms with Crippen LogP contribution in [0.15, 0.2) is 133 Å². The van der Waals surface area contributed by atoms with E-state index in [0.717, 1.165) is 57.7 Å². The zero-order valence-corrected chi connectivity index (χ0v) is 49.6. The molecule has 6 atom stereocenters. The van der Waals surface area contributed by atoms with E-state index >= 15 is 0 Å². The van der Waals surface area contributed by atoms with E-state index in [1.165, 1.54) is 29.7 Å². The highest BCUT2D eigenvalue weighted by Gasteiger charge is 2.47. The van der Waals surface area contributed by atoms with Gasteiger partial charge in [0.2, 0.25) is 29.5 Å². The van der Waals surface area contributed by atoms with Crippen LogP contribution in [0.4, 0.5) is 8.78 Å². The summed E-state index contributed by atoms with van der Waals surface area (Å²) in [5.74, 6) is -1.92. The van der Waals surface area contributed by atoms with Crippen molar-refractivity contribution >= 4 is 57.1 Å². The maximum Gasteiger partial charge on any atom is 0.323 e. The first kappa shape index (κ1) is 63.4. The molecule has 0 spiro atoms. The molecule has 2 aliphatic heterocycles. The van der Waals surface area contributed by atoms with Crippen molar-refractivity contribution in [2.24, 2.45) is 16.9 Å². The molecule has 4 fully saturated rings. The minimum Gasteiger partial charge on any atom is -0.480 e. The molecule has 18 heteroatoms. The molecule has 5 amide bonds. The second kappa shape index (κ2) is 28.5. The summed E-state index contributed by atoms with van der Waals surface area (Å²) in [5.41, 5.74) is 14.0. The molecule has 452 valence electrons. The first-order chi connectivity index (χ1) is 40.7. The highest BCUT2D eigenvalue weighted by molar-refractivity contribution is 5.92. The molecule has 16 nitrogen and oxygen atoms in total. The van der Waals surface area contributed by atoms with E-state index in [0.29, 0.717) is 84.2 Å². The fourth-order valence-electron chi connectivity index (χ4n) is 11.4. The summed E-state index contributed by atoms with van der Waals surface area (Å²) in [4.78, 5) is 84.5. The number of hydrogen-bond acceptors (Lipinski definition) is 10. The van der Waals surface area contributed by atoms with Crippen molar-refractivity contribution in [2.45, 2.75) is 127 Å². The zero-order valence-electron chi connectivity index (χ0n) is 49.6. The van der Waals surface area contributed by atoms with Gasteiger partial charge in [-0.05, 0) is 126 Å². The van der Waals surface area contributed by atoms with E-state index in [4.69, 9.17) is 16.6 Å². The number of amides is 5. The summed E-state index contributed by atoms with van der Waals surface area (Å²) in [6.07, 6.45) is 6.20. The van der Waals surface area contributed by atoms with Crippen LogP contribution in [0.25, 0.3) is 21.5 Å². The largest absolute Gasteiger partial charge is 0.480 e. The Balaban J connectivity index is 0.000000200. The number of benzene rings is 6.